The molecule has 7 heteroatoms. The number of amides is 2. The third-order valence-corrected chi connectivity index (χ3v) is 6.88. The lowest BCUT2D eigenvalue weighted by atomic mass is 10.1. The number of carbonyl (C=O) groups is 2. The lowest BCUT2D eigenvalue weighted by Gasteiger charge is -2.24. The quantitative estimate of drug-likeness (QED) is 0.465. The van der Waals surface area contributed by atoms with E-state index in [1.165, 1.54) is 0 Å². The molecular formula is C25H26ClN3O2S. The van der Waals surface area contributed by atoms with Crippen LogP contribution in [0.1, 0.15) is 36.2 Å². The third kappa shape index (κ3) is 5.31. The molecular weight excluding hydrogens is 442 g/mol. The van der Waals surface area contributed by atoms with Gasteiger partial charge in [0.15, 0.2) is 0 Å². The molecule has 2 unspecified atom stereocenters. The van der Waals surface area contributed by atoms with Gasteiger partial charge in [0.25, 0.3) is 0 Å². The van der Waals surface area contributed by atoms with Crippen LogP contribution in [-0.4, -0.2) is 29.3 Å². The molecule has 0 radical (unpaired) electrons. The zero-order valence-electron chi connectivity index (χ0n) is 17.9. The third-order valence-electron chi connectivity index (χ3n) is 5.69. The summed E-state index contributed by atoms with van der Waals surface area (Å²) in [5, 5.41) is 8.83. The summed E-state index contributed by atoms with van der Waals surface area (Å²) in [5.41, 5.74) is 2.58. The van der Waals surface area contributed by atoms with E-state index in [9.17, 15) is 9.59 Å². The van der Waals surface area contributed by atoms with E-state index in [-0.39, 0.29) is 17.9 Å². The first kappa shape index (κ1) is 22.4. The standard InChI is InChI=1S/C25H26ClN3O2S/c1-17(18-7-3-2-4-8-18)27-22-12-11-19(15-21(22)26)28-25(31)23-10-5-13-29(23)24(30)16-20-9-6-14-32-20/h2-4,6-9,11-12,14-15,17,23,27H,5,10,13,16H2,1H3,(H,28,31). The van der Waals surface area contributed by atoms with Gasteiger partial charge < -0.3 is 15.5 Å². The number of carbonyl (C=O) groups excluding carboxylic acids is 2. The summed E-state index contributed by atoms with van der Waals surface area (Å²) in [6, 6.07) is 19.1. The molecule has 2 atom stereocenters. The van der Waals surface area contributed by atoms with Gasteiger partial charge in [-0.1, -0.05) is 48.0 Å². The van der Waals surface area contributed by atoms with Crippen molar-refractivity contribution in [3.63, 3.8) is 0 Å². The second kappa shape index (κ2) is 10.2. The van der Waals surface area contributed by atoms with Crippen molar-refractivity contribution >= 4 is 46.1 Å². The highest BCUT2D eigenvalue weighted by Gasteiger charge is 2.34. The number of anilines is 2. The molecule has 1 aromatic heterocycles. The number of rotatable bonds is 7. The van der Waals surface area contributed by atoms with Gasteiger partial charge in [-0.3, -0.25) is 9.59 Å². The molecule has 0 spiro atoms. The van der Waals surface area contributed by atoms with Gasteiger partial charge in [-0.15, -0.1) is 11.3 Å². The van der Waals surface area contributed by atoms with Crippen LogP contribution < -0.4 is 10.6 Å². The number of thiophene rings is 1. The summed E-state index contributed by atoms with van der Waals surface area (Å²) >= 11 is 8.04. The molecule has 1 fully saturated rings. The van der Waals surface area contributed by atoms with Gasteiger partial charge in [-0.25, -0.2) is 0 Å². The zero-order valence-corrected chi connectivity index (χ0v) is 19.5. The summed E-state index contributed by atoms with van der Waals surface area (Å²) in [6.45, 7) is 2.69. The van der Waals surface area contributed by atoms with E-state index in [2.05, 4.69) is 29.7 Å². The monoisotopic (exact) mass is 467 g/mol. The van der Waals surface area contributed by atoms with Crippen molar-refractivity contribution < 1.29 is 9.59 Å². The van der Waals surface area contributed by atoms with Gasteiger partial charge in [0.05, 0.1) is 17.1 Å². The average Bonchev–Trinajstić information content (AvgIpc) is 3.48. The molecule has 2 aromatic carbocycles. The predicted molar refractivity (Wildman–Crippen MR) is 131 cm³/mol. The molecule has 2 amide bonds. The zero-order chi connectivity index (χ0) is 22.5. The Hall–Kier alpha value is -2.83. The number of hydrogen-bond acceptors (Lipinski definition) is 4. The normalized spacial score (nSPS) is 16.6. The SMILES string of the molecule is CC(Nc1ccc(NC(=O)C2CCCN2C(=O)Cc2cccs2)cc1Cl)c1ccccc1. The van der Waals surface area contributed by atoms with Crippen LogP contribution in [0.25, 0.3) is 0 Å². The second-order valence-corrected chi connectivity index (χ2v) is 9.40. The lowest BCUT2D eigenvalue weighted by molar-refractivity contribution is -0.136. The van der Waals surface area contributed by atoms with E-state index >= 15 is 0 Å². The molecule has 0 saturated carbocycles. The van der Waals surface area contributed by atoms with Crippen molar-refractivity contribution in [3.8, 4) is 0 Å². The van der Waals surface area contributed by atoms with Crippen LogP contribution in [0.2, 0.25) is 5.02 Å². The van der Waals surface area contributed by atoms with E-state index in [1.54, 1.807) is 22.3 Å². The molecule has 2 heterocycles. The topological polar surface area (TPSA) is 61.4 Å². The number of hydrogen-bond donors (Lipinski definition) is 2. The Morgan fingerprint density at radius 3 is 2.69 bits per heavy atom. The summed E-state index contributed by atoms with van der Waals surface area (Å²) in [6.07, 6.45) is 1.84. The Morgan fingerprint density at radius 2 is 1.97 bits per heavy atom. The summed E-state index contributed by atoms with van der Waals surface area (Å²) in [5.74, 6) is -0.172. The number of benzene rings is 2. The van der Waals surface area contributed by atoms with Crippen molar-refractivity contribution in [2.75, 3.05) is 17.2 Å². The fourth-order valence-electron chi connectivity index (χ4n) is 4.00. The second-order valence-electron chi connectivity index (χ2n) is 7.96. The molecule has 4 rings (SSSR count). The smallest absolute Gasteiger partial charge is 0.247 e. The van der Waals surface area contributed by atoms with Crippen LogP contribution in [0.5, 0.6) is 0 Å². The molecule has 1 saturated heterocycles. The lowest BCUT2D eigenvalue weighted by Crippen LogP contribution is -2.43. The Kier molecular flexibility index (Phi) is 7.12. The molecule has 1 aliphatic heterocycles. The first-order valence-electron chi connectivity index (χ1n) is 10.7. The molecule has 2 N–H and O–H groups in total. The molecule has 166 valence electrons. The maximum atomic E-state index is 12.9. The van der Waals surface area contributed by atoms with Crippen LogP contribution in [0.15, 0.2) is 66.0 Å². The molecule has 0 aliphatic carbocycles. The van der Waals surface area contributed by atoms with Crippen LogP contribution >= 0.6 is 22.9 Å². The minimum Gasteiger partial charge on any atom is -0.377 e. The first-order chi connectivity index (χ1) is 15.5. The minimum atomic E-state index is -0.447. The van der Waals surface area contributed by atoms with Gasteiger partial charge in [0, 0.05) is 23.2 Å². The summed E-state index contributed by atoms with van der Waals surface area (Å²) in [7, 11) is 0. The number of nitrogens with one attached hydrogen (secondary N) is 2. The molecule has 1 aliphatic rings. The van der Waals surface area contributed by atoms with Gasteiger partial charge in [-0.05, 0) is 55.0 Å². The fraction of sp³-hybridized carbons (Fsp3) is 0.280. The van der Waals surface area contributed by atoms with Crippen molar-refractivity contribution in [3.05, 3.63) is 81.5 Å². The van der Waals surface area contributed by atoms with Crippen LogP contribution in [-0.2, 0) is 16.0 Å². The number of halogens is 1. The molecule has 32 heavy (non-hydrogen) atoms. The largest absolute Gasteiger partial charge is 0.377 e. The summed E-state index contributed by atoms with van der Waals surface area (Å²) < 4.78 is 0. The van der Waals surface area contributed by atoms with Crippen molar-refractivity contribution in [2.45, 2.75) is 38.3 Å². The predicted octanol–water partition coefficient (Wildman–Crippen LogP) is 5.75. The van der Waals surface area contributed by atoms with E-state index in [1.807, 2.05) is 47.8 Å². The van der Waals surface area contributed by atoms with Gasteiger partial charge in [-0.2, -0.15) is 0 Å². The number of likely N-dealkylation sites (tertiary alicyclic amines) is 1. The number of nitrogens with zero attached hydrogens (tertiary/aromatic N) is 1. The van der Waals surface area contributed by atoms with E-state index in [0.717, 1.165) is 22.5 Å². The fourth-order valence-corrected chi connectivity index (χ4v) is 4.93. The van der Waals surface area contributed by atoms with Crippen molar-refractivity contribution in [2.24, 2.45) is 0 Å². The Morgan fingerprint density at radius 1 is 1.16 bits per heavy atom. The molecule has 5 nitrogen and oxygen atoms in total. The van der Waals surface area contributed by atoms with E-state index in [0.29, 0.717) is 30.1 Å². The average molecular weight is 468 g/mol. The highest BCUT2D eigenvalue weighted by molar-refractivity contribution is 7.10. The first-order valence-corrected chi connectivity index (χ1v) is 12.0. The van der Waals surface area contributed by atoms with Crippen LogP contribution in [0, 0.1) is 0 Å². The Bertz CT molecular complexity index is 1070. The van der Waals surface area contributed by atoms with Crippen LogP contribution in [0.3, 0.4) is 0 Å². The van der Waals surface area contributed by atoms with Gasteiger partial charge >= 0.3 is 0 Å². The highest BCUT2D eigenvalue weighted by Crippen LogP contribution is 2.29. The van der Waals surface area contributed by atoms with Crippen molar-refractivity contribution in [1.82, 2.24) is 4.90 Å². The van der Waals surface area contributed by atoms with Crippen LogP contribution in [0.4, 0.5) is 11.4 Å². The van der Waals surface area contributed by atoms with Gasteiger partial charge in [0.2, 0.25) is 11.8 Å². The maximum absolute atomic E-state index is 12.9. The van der Waals surface area contributed by atoms with E-state index in [4.69, 9.17) is 11.6 Å². The maximum Gasteiger partial charge on any atom is 0.247 e. The molecule has 3 aromatic rings. The minimum absolute atomic E-state index is 0.00224. The van der Waals surface area contributed by atoms with E-state index < -0.39 is 6.04 Å². The molecule has 0 bridgehead atoms. The Labute approximate surface area is 197 Å². The highest BCUT2D eigenvalue weighted by atomic mass is 35.5. The van der Waals surface area contributed by atoms with Crippen molar-refractivity contribution in [1.29, 1.82) is 0 Å². The summed E-state index contributed by atoms with van der Waals surface area (Å²) in [4.78, 5) is 28.4. The Balaban J connectivity index is 1.38. The van der Waals surface area contributed by atoms with Gasteiger partial charge in [0.1, 0.15) is 6.04 Å².